The molecule has 0 aliphatic carbocycles. The van der Waals surface area contributed by atoms with Gasteiger partial charge in [0, 0.05) is 0 Å². The van der Waals surface area contributed by atoms with Crippen LogP contribution in [-0.2, 0) is 4.79 Å². The van der Waals surface area contributed by atoms with Gasteiger partial charge in [-0.1, -0.05) is 30.3 Å². The lowest BCUT2D eigenvalue weighted by Gasteiger charge is -2.12. The Bertz CT molecular complexity index is 586. The first kappa shape index (κ1) is 13.7. The van der Waals surface area contributed by atoms with Crippen LogP contribution in [0.5, 0.6) is 0 Å². The number of nitrogens with two attached hydrogens (primary N) is 1. The van der Waals surface area contributed by atoms with Crippen LogP contribution in [0.1, 0.15) is 17.2 Å². The molecule has 0 spiro atoms. The quantitative estimate of drug-likeness (QED) is 0.855. The van der Waals surface area contributed by atoms with E-state index in [1.54, 1.807) is 6.20 Å². The molecule has 19 heavy (non-hydrogen) atoms. The largest absolute Gasteiger partial charge is 0.323 e. The summed E-state index contributed by atoms with van der Waals surface area (Å²) in [5, 5.41) is 2.76. The first-order valence-corrected chi connectivity index (χ1v) is 6.61. The zero-order chi connectivity index (χ0) is 13.8. The first-order valence-electron chi connectivity index (χ1n) is 5.81. The zero-order valence-electron chi connectivity index (χ0n) is 10.4. The highest BCUT2D eigenvalue weighted by atomic mass is 79.9. The number of halogens is 1. The summed E-state index contributed by atoms with van der Waals surface area (Å²) in [7, 11) is 0. The van der Waals surface area contributed by atoms with Crippen LogP contribution in [0.3, 0.4) is 0 Å². The number of nitrogens with zero attached hydrogens (tertiary/aromatic N) is 1. The van der Waals surface area contributed by atoms with Gasteiger partial charge >= 0.3 is 0 Å². The molecule has 1 amide bonds. The number of anilines is 1. The van der Waals surface area contributed by atoms with Gasteiger partial charge in [-0.15, -0.1) is 0 Å². The van der Waals surface area contributed by atoms with Crippen LogP contribution in [0.15, 0.2) is 47.2 Å². The van der Waals surface area contributed by atoms with Crippen molar-refractivity contribution in [3.05, 3.63) is 58.3 Å². The van der Waals surface area contributed by atoms with Crippen LogP contribution in [0.2, 0.25) is 0 Å². The van der Waals surface area contributed by atoms with Gasteiger partial charge in [0.1, 0.15) is 10.6 Å². The second-order valence-corrected chi connectivity index (χ2v) is 4.96. The van der Waals surface area contributed by atoms with E-state index in [4.69, 9.17) is 5.73 Å². The molecular formula is C14H14BrN3O. The Labute approximate surface area is 120 Å². The highest BCUT2D eigenvalue weighted by Gasteiger charge is 2.15. The van der Waals surface area contributed by atoms with Crippen molar-refractivity contribution in [2.75, 3.05) is 5.32 Å². The average molecular weight is 320 g/mol. The Balaban J connectivity index is 2.10. The van der Waals surface area contributed by atoms with Crippen LogP contribution >= 0.6 is 15.9 Å². The Morgan fingerprint density at radius 3 is 2.68 bits per heavy atom. The fraction of sp³-hybridized carbons (Fsp3) is 0.143. The van der Waals surface area contributed by atoms with Crippen molar-refractivity contribution >= 4 is 27.5 Å². The van der Waals surface area contributed by atoms with E-state index in [1.807, 2.05) is 43.3 Å². The van der Waals surface area contributed by atoms with Gasteiger partial charge in [-0.3, -0.25) is 4.79 Å². The van der Waals surface area contributed by atoms with Gasteiger partial charge < -0.3 is 11.1 Å². The molecule has 0 saturated heterocycles. The number of benzene rings is 1. The molecule has 0 saturated carbocycles. The molecule has 3 N–H and O–H groups in total. The van der Waals surface area contributed by atoms with E-state index in [0.717, 1.165) is 15.7 Å². The van der Waals surface area contributed by atoms with Crippen LogP contribution in [0, 0.1) is 6.92 Å². The summed E-state index contributed by atoms with van der Waals surface area (Å²) >= 11 is 3.31. The molecule has 1 heterocycles. The number of amides is 1. The third-order valence-electron chi connectivity index (χ3n) is 2.72. The highest BCUT2D eigenvalue weighted by Crippen LogP contribution is 2.18. The monoisotopic (exact) mass is 319 g/mol. The molecule has 0 bridgehead atoms. The Morgan fingerprint density at radius 2 is 2.05 bits per heavy atom. The summed E-state index contributed by atoms with van der Waals surface area (Å²) in [6.07, 6.45) is 1.59. The first-order chi connectivity index (χ1) is 9.08. The number of nitrogens with one attached hydrogen (secondary N) is 1. The Morgan fingerprint density at radius 1 is 1.37 bits per heavy atom. The molecule has 0 aliphatic rings. The van der Waals surface area contributed by atoms with Crippen LogP contribution in [0.4, 0.5) is 5.69 Å². The predicted octanol–water partition coefficient (Wildman–Crippen LogP) is 2.79. The van der Waals surface area contributed by atoms with E-state index < -0.39 is 6.04 Å². The molecule has 1 aromatic carbocycles. The summed E-state index contributed by atoms with van der Waals surface area (Å²) in [6, 6.07) is 10.4. The van der Waals surface area contributed by atoms with Gasteiger partial charge in [-0.05, 0) is 40.0 Å². The lowest BCUT2D eigenvalue weighted by Crippen LogP contribution is -2.27. The topological polar surface area (TPSA) is 68.0 Å². The molecule has 0 radical (unpaired) electrons. The minimum absolute atomic E-state index is 0.255. The predicted molar refractivity (Wildman–Crippen MR) is 78.7 cm³/mol. The fourth-order valence-corrected chi connectivity index (χ4v) is 1.88. The summed E-state index contributed by atoms with van der Waals surface area (Å²) in [5.74, 6) is -0.255. The van der Waals surface area contributed by atoms with E-state index >= 15 is 0 Å². The minimum atomic E-state index is -0.690. The molecule has 5 heteroatoms. The molecule has 0 fully saturated rings. The molecule has 0 unspecified atom stereocenters. The van der Waals surface area contributed by atoms with Gasteiger partial charge in [-0.2, -0.15) is 0 Å². The van der Waals surface area contributed by atoms with Crippen molar-refractivity contribution in [2.45, 2.75) is 13.0 Å². The van der Waals surface area contributed by atoms with Crippen molar-refractivity contribution in [2.24, 2.45) is 5.73 Å². The van der Waals surface area contributed by atoms with Gasteiger partial charge in [0.15, 0.2) is 0 Å². The number of pyridine rings is 1. The molecule has 2 rings (SSSR count). The van der Waals surface area contributed by atoms with Crippen molar-refractivity contribution in [3.63, 3.8) is 0 Å². The maximum Gasteiger partial charge on any atom is 0.245 e. The average Bonchev–Trinajstić information content (AvgIpc) is 2.43. The molecule has 0 aliphatic heterocycles. The highest BCUT2D eigenvalue weighted by molar-refractivity contribution is 9.10. The van der Waals surface area contributed by atoms with Gasteiger partial charge in [0.25, 0.3) is 0 Å². The summed E-state index contributed by atoms with van der Waals surface area (Å²) in [5.41, 5.74) is 8.28. The molecule has 98 valence electrons. The second-order valence-electron chi connectivity index (χ2n) is 4.21. The van der Waals surface area contributed by atoms with Crippen LogP contribution in [0.25, 0.3) is 0 Å². The zero-order valence-corrected chi connectivity index (χ0v) is 12.0. The summed E-state index contributed by atoms with van der Waals surface area (Å²) < 4.78 is 0.762. The maximum absolute atomic E-state index is 12.0. The Hall–Kier alpha value is -1.72. The van der Waals surface area contributed by atoms with E-state index in [-0.39, 0.29) is 5.91 Å². The Kier molecular flexibility index (Phi) is 4.29. The van der Waals surface area contributed by atoms with Crippen molar-refractivity contribution in [1.29, 1.82) is 0 Å². The number of aromatic nitrogens is 1. The minimum Gasteiger partial charge on any atom is -0.323 e. The third kappa shape index (κ3) is 3.39. The maximum atomic E-state index is 12.0. The normalized spacial score (nSPS) is 11.9. The molecule has 4 nitrogen and oxygen atoms in total. The number of carbonyl (C=O) groups excluding carboxylic acids is 1. The van der Waals surface area contributed by atoms with Gasteiger partial charge in [0.2, 0.25) is 5.91 Å². The number of carbonyl (C=O) groups is 1. The lowest BCUT2D eigenvalue weighted by molar-refractivity contribution is -0.117. The number of hydrogen-bond acceptors (Lipinski definition) is 3. The molecule has 1 atom stereocenters. The fourth-order valence-electron chi connectivity index (χ4n) is 1.66. The molecular weight excluding hydrogens is 306 g/mol. The lowest BCUT2D eigenvalue weighted by atomic mass is 10.1. The van der Waals surface area contributed by atoms with Crippen molar-refractivity contribution in [1.82, 2.24) is 4.98 Å². The van der Waals surface area contributed by atoms with Gasteiger partial charge in [-0.25, -0.2) is 4.98 Å². The number of aryl methyl sites for hydroxylation is 1. The van der Waals surface area contributed by atoms with Crippen LogP contribution < -0.4 is 11.1 Å². The van der Waals surface area contributed by atoms with E-state index in [2.05, 4.69) is 26.2 Å². The number of rotatable bonds is 3. The van der Waals surface area contributed by atoms with Crippen molar-refractivity contribution in [3.8, 4) is 0 Å². The number of hydrogen-bond donors (Lipinski definition) is 2. The second kappa shape index (κ2) is 5.95. The van der Waals surface area contributed by atoms with Crippen LogP contribution in [-0.4, -0.2) is 10.9 Å². The van der Waals surface area contributed by atoms with Crippen molar-refractivity contribution < 1.29 is 4.79 Å². The third-order valence-corrected chi connectivity index (χ3v) is 3.55. The molecule has 1 aromatic heterocycles. The van der Waals surface area contributed by atoms with Gasteiger partial charge in [0.05, 0.1) is 11.9 Å². The standard InChI is InChI=1S/C14H14BrN3O/c1-9-7-11(8-17-13(9)15)18-14(19)12(16)10-5-3-2-4-6-10/h2-8,12H,16H2,1H3,(H,18,19)/t12-/m0/s1. The SMILES string of the molecule is Cc1cc(NC(=O)[C@@H](N)c2ccccc2)cnc1Br. The van der Waals surface area contributed by atoms with E-state index in [9.17, 15) is 4.79 Å². The summed E-state index contributed by atoms with van der Waals surface area (Å²) in [6.45, 7) is 1.91. The molecule has 2 aromatic rings. The smallest absolute Gasteiger partial charge is 0.245 e. The van der Waals surface area contributed by atoms with E-state index in [0.29, 0.717) is 5.69 Å². The van der Waals surface area contributed by atoms with E-state index in [1.165, 1.54) is 0 Å². The summed E-state index contributed by atoms with van der Waals surface area (Å²) in [4.78, 5) is 16.2.